The summed E-state index contributed by atoms with van der Waals surface area (Å²) in [5, 5.41) is 15.6. The van der Waals surface area contributed by atoms with E-state index in [0.29, 0.717) is 69.7 Å². The molecule has 6 aliphatic carbocycles. The van der Waals surface area contributed by atoms with E-state index in [1.54, 1.807) is 176 Å². The van der Waals surface area contributed by atoms with Crippen LogP contribution in [0.1, 0.15) is 177 Å². The maximum Gasteiger partial charge on any atom is 0.412 e. The van der Waals surface area contributed by atoms with Gasteiger partial charge in [-0.05, 0) is 129 Å². The maximum atomic E-state index is 13.4. The van der Waals surface area contributed by atoms with Crippen molar-refractivity contribution < 1.29 is 123 Å². The number of ketones is 13. The first kappa shape index (κ1) is 106. The van der Waals surface area contributed by atoms with Crippen LogP contribution in [0, 0.1) is 6.92 Å². The minimum Gasteiger partial charge on any atom is -0.451 e. The number of aryl methyl sites for hydroxylation is 1. The molecule has 0 fully saturated rings. The van der Waals surface area contributed by atoms with Gasteiger partial charge in [-0.2, -0.15) is 8.78 Å². The van der Waals surface area contributed by atoms with Crippen molar-refractivity contribution in [2.75, 3.05) is 29.6 Å². The number of halogens is 4. The van der Waals surface area contributed by atoms with E-state index in [9.17, 15) is 90.3 Å². The fourth-order valence-electron chi connectivity index (χ4n) is 14.6. The molecule has 4 amide bonds. The van der Waals surface area contributed by atoms with Crippen LogP contribution in [-0.2, 0) is 14.4 Å². The molecule has 0 unspecified atom stereocenters. The Morgan fingerprint density at radius 1 is 0.327 bits per heavy atom. The van der Waals surface area contributed by atoms with E-state index >= 15 is 0 Å². The number of carbonyl (C=O) groups is 17. The van der Waals surface area contributed by atoms with Gasteiger partial charge in [-0.1, -0.05) is 218 Å². The molecule has 0 heterocycles. The lowest BCUT2D eigenvalue weighted by Gasteiger charge is -2.21. The van der Waals surface area contributed by atoms with Crippen molar-refractivity contribution >= 4 is 134 Å². The van der Waals surface area contributed by atoms with Crippen LogP contribution >= 0.6 is 23.2 Å². The fraction of sp³-hybridized carbons (Fsp3) is 0.106. The van der Waals surface area contributed by atoms with E-state index in [1.165, 1.54) is 118 Å². The lowest BCUT2D eigenvalue weighted by atomic mass is 9.87. The van der Waals surface area contributed by atoms with Crippen LogP contribution in [0.25, 0.3) is 0 Å². The second-order valence-corrected chi connectivity index (χ2v) is 33.1. The van der Waals surface area contributed by atoms with Gasteiger partial charge in [-0.15, -0.1) is 11.6 Å². The molecule has 0 aliphatic heterocycles. The van der Waals surface area contributed by atoms with Gasteiger partial charge in [0.25, 0.3) is 0 Å². The summed E-state index contributed by atoms with van der Waals surface area (Å²) in [5.74, 6) is -4.51. The van der Waals surface area contributed by atoms with E-state index < -0.39 is 70.6 Å². The van der Waals surface area contributed by atoms with E-state index in [4.69, 9.17) is 51.6 Å². The third-order valence-electron chi connectivity index (χ3n) is 21.4. The highest BCUT2D eigenvalue weighted by molar-refractivity contribution is 6.50. The average molecular weight is 2020 g/mol. The van der Waals surface area contributed by atoms with Crippen molar-refractivity contribution in [3.05, 3.63) is 444 Å². The predicted octanol–water partition coefficient (Wildman–Crippen LogP) is 20.2. The van der Waals surface area contributed by atoms with Crippen molar-refractivity contribution in [2.24, 2.45) is 0 Å². The van der Waals surface area contributed by atoms with Crippen molar-refractivity contribution in [3.63, 3.8) is 0 Å². The van der Waals surface area contributed by atoms with Gasteiger partial charge in [-0.3, -0.25) is 71.9 Å². The Labute approximate surface area is 848 Å². The van der Waals surface area contributed by atoms with E-state index in [1.807, 2.05) is 56.3 Å². The van der Waals surface area contributed by atoms with Crippen LogP contribution in [0.4, 0.5) is 29.7 Å². The van der Waals surface area contributed by atoms with E-state index in [-0.39, 0.29) is 166 Å². The van der Waals surface area contributed by atoms with E-state index in [2.05, 4.69) is 36.6 Å². The summed E-state index contributed by atoms with van der Waals surface area (Å²) < 4.78 is 63.3. The zero-order chi connectivity index (χ0) is 105. The predicted molar refractivity (Wildman–Crippen MR) is 537 cm³/mol. The Hall–Kier alpha value is -18.7. The molecule has 12 aromatic rings. The van der Waals surface area contributed by atoms with E-state index in [0.717, 1.165) is 17.7 Å². The second kappa shape index (κ2) is 48.7. The first-order valence-corrected chi connectivity index (χ1v) is 45.9. The number of hydrogen-bond acceptors (Lipinski definition) is 26. The minimum atomic E-state index is -3.27. The number of Topliss-reactive ketones (excluding diaryl/α,β-unsaturated/α-hetero) is 11. The molecule has 6 aliphatic rings. The van der Waals surface area contributed by atoms with Gasteiger partial charge in [-0.25, -0.2) is 9.59 Å². The number of para-hydroxylation sites is 2. The molecule has 0 atom stereocenters. The summed E-state index contributed by atoms with van der Waals surface area (Å²) in [7, 11) is 0. The molecule has 6 N–H and O–H groups in total. The number of allylic oxidation sites excluding steroid dienone is 12. The maximum absolute atomic E-state index is 13.4. The number of hydrogen-bond donors (Lipinski definition) is 6. The highest BCUT2D eigenvalue weighted by atomic mass is 35.5. The molecule has 34 heteroatoms. The van der Waals surface area contributed by atoms with Crippen LogP contribution in [0.15, 0.2) is 372 Å². The van der Waals surface area contributed by atoms with Crippen LogP contribution in [0.2, 0.25) is 0 Å². The summed E-state index contributed by atoms with van der Waals surface area (Å²) in [6.45, 7) is 9.12. The van der Waals surface area contributed by atoms with Crippen molar-refractivity contribution in [3.8, 4) is 40.2 Å². The van der Waals surface area contributed by atoms with Crippen LogP contribution < -0.4 is 65.1 Å². The van der Waals surface area contributed by atoms with Gasteiger partial charge in [0.05, 0.1) is 16.4 Å². The Kier molecular flexibility index (Phi) is 35.0. The molecule has 12 aromatic carbocycles. The molecule has 0 saturated carbocycles. The number of anilines is 2. The molecule has 0 bridgehead atoms. The molecule has 0 saturated heterocycles. The molecule has 18 rings (SSSR count). The normalized spacial score (nSPS) is 13.5. The zero-order valence-corrected chi connectivity index (χ0v) is 80.4. The first-order valence-electron chi connectivity index (χ1n) is 45.0. The molecule has 0 radical (unpaired) electrons. The number of carbonyl (C=O) groups excluding carboxylic acids is 17. The number of amides is 4. The number of benzene rings is 12. The summed E-state index contributed by atoms with van der Waals surface area (Å²) in [4.78, 5) is 208. The summed E-state index contributed by atoms with van der Waals surface area (Å²) >= 11 is 11.4. The minimum absolute atomic E-state index is 0.00146. The highest BCUT2D eigenvalue weighted by Gasteiger charge is 2.40. The van der Waals surface area contributed by atoms with Crippen molar-refractivity contribution in [2.45, 2.75) is 60.5 Å². The number of fused-ring (bicyclic) bond motifs is 6. The Morgan fingerprint density at radius 3 is 0.980 bits per heavy atom. The molecule has 147 heavy (non-hydrogen) atoms. The first-order chi connectivity index (χ1) is 70.5. The monoisotopic (exact) mass is 2020 g/mol. The Balaban J connectivity index is 0.000000151. The summed E-state index contributed by atoms with van der Waals surface area (Å²) in [6.07, 6.45) is -1.28. The Morgan fingerprint density at radius 2 is 0.619 bits per heavy atom. The topological polar surface area (TPSA) is 427 Å². The van der Waals surface area contributed by atoms with Crippen LogP contribution in [0.5, 0.6) is 40.2 Å². The number of ether oxygens (including phenoxy) is 7. The number of nitrogens with one attached hydrogen (secondary N) is 6. The standard InChI is InChI=1S/C29H25ClN2O8.C19H15NO4.C18H13F2NO3.C18H13NO4.C16H11NO2.C13H9ClO3/c1-2-16-31-28(35)39-20-11-7-18(8-12-20)37-26-24(33)22-5-3-4-6-23(22)25(34)27(26)38-19-9-13-21(14-10-19)40-29(36)32-17-15-30;1-11-7-9-13(10-8-11)24-19-16(20-12(2)21)17(22)14-5-3-4-6-15(14)18(19)23;1-18(19,20)24-12-8-6-11(7-9-12)21-15-10-16(22)13-4-2-3-5-14(13)17(15)23;1-11(20)19-15-16(21)13-9-5-6-10-14(13)17(22)18(15)23-12-7-3-2-4-8-12;18-15-10-14(17-11-6-2-1-3-7-11)16(19)13-9-5-4-8-12(13)15;1-7(15)6-10-11(14)13(17)9-5-3-2-4-8(9)12(10)16/h3-14H,2,15-17H2,1H3,(H,31,35)(H,32,36);3-10H,1-2H3,(H,20,21);2-10,21H,1H3;2-10H,1H3,(H,19,20);1-10,17H;2-5H,6H2,1H3. The second-order valence-electron chi connectivity index (χ2n) is 32.4. The number of alkyl halides is 3. The van der Waals surface area contributed by atoms with Crippen LogP contribution in [0.3, 0.4) is 0 Å². The number of rotatable bonds is 24. The van der Waals surface area contributed by atoms with Crippen molar-refractivity contribution in [1.29, 1.82) is 0 Å². The molecule has 0 aromatic heterocycles. The molecular weight excluding hydrogens is 1930 g/mol. The van der Waals surface area contributed by atoms with Gasteiger partial charge >= 0.3 is 18.3 Å². The van der Waals surface area contributed by atoms with Crippen molar-refractivity contribution in [1.82, 2.24) is 21.3 Å². The quantitative estimate of drug-likeness (QED) is 0.0306. The zero-order valence-electron chi connectivity index (χ0n) is 78.9. The molecule has 740 valence electrons. The van der Waals surface area contributed by atoms with Gasteiger partial charge in [0.15, 0.2) is 17.3 Å². The summed E-state index contributed by atoms with van der Waals surface area (Å²) in [5.41, 5.74) is 6.19. The Bertz CT molecular complexity index is 7390. The highest BCUT2D eigenvalue weighted by Crippen LogP contribution is 2.37. The lowest BCUT2D eigenvalue weighted by molar-refractivity contribution is -0.159. The largest absolute Gasteiger partial charge is 0.451 e. The summed E-state index contributed by atoms with van der Waals surface area (Å²) in [6, 6.07) is 81.7. The smallest absolute Gasteiger partial charge is 0.412 e. The SMILES string of the molecule is CC(=O)CC1=C(Cl)C(=O)c2ccccc2C1=O.CC(=O)NC1=C(Oc2ccc(C)cc2)C(=O)c2ccccc2C1=O.CC(=O)NC1=C(Oc2ccccc2)C(=O)c2ccccc2C1=O.CC(F)(F)Oc1ccc(NC2=CC(=O)c3ccccc3C2=O)cc1.CCCNC(=O)Oc1ccc(OC2=C(Oc3ccc(OC(=O)NCCCl)cc3)C(=O)c3ccccc3C2=O)cc1.O=C1C=C(Nc2ccccc2)C(=O)c2ccccc21. The van der Waals surface area contributed by atoms with Crippen LogP contribution in [-0.4, -0.2) is 124 Å². The average Bonchev–Trinajstić information content (AvgIpc) is 0.768. The third kappa shape index (κ3) is 27.0. The molecular formula is C113H86Cl2F2N6O24. The lowest BCUT2D eigenvalue weighted by Crippen LogP contribution is -2.34. The van der Waals surface area contributed by atoms with Gasteiger partial charge in [0.1, 0.15) is 57.4 Å². The van der Waals surface area contributed by atoms with Gasteiger partial charge in [0, 0.05) is 142 Å². The third-order valence-corrected chi connectivity index (χ3v) is 22.0. The molecule has 30 nitrogen and oxygen atoms in total. The fourth-order valence-corrected chi connectivity index (χ4v) is 15.0. The molecule has 0 spiro atoms. The van der Waals surface area contributed by atoms with Gasteiger partial charge in [0.2, 0.25) is 86.9 Å². The van der Waals surface area contributed by atoms with Gasteiger partial charge < -0.3 is 65.1 Å².